The van der Waals surface area contributed by atoms with Gasteiger partial charge < -0.3 is 5.32 Å². The fourth-order valence-electron chi connectivity index (χ4n) is 2.96. The zero-order chi connectivity index (χ0) is 19.7. The molecular formula is C20H16ClN5O2. The van der Waals surface area contributed by atoms with Gasteiger partial charge in [0.25, 0.3) is 5.56 Å². The number of rotatable bonds is 4. The van der Waals surface area contributed by atoms with Crippen LogP contribution in [-0.4, -0.2) is 25.5 Å². The summed E-state index contributed by atoms with van der Waals surface area (Å²) in [7, 11) is 0. The predicted octanol–water partition coefficient (Wildman–Crippen LogP) is 3.18. The lowest BCUT2D eigenvalue weighted by molar-refractivity contribution is -0.117. The Labute approximate surface area is 165 Å². The van der Waals surface area contributed by atoms with Gasteiger partial charge in [0, 0.05) is 16.1 Å². The van der Waals surface area contributed by atoms with E-state index in [0.717, 1.165) is 10.4 Å². The highest BCUT2D eigenvalue weighted by Gasteiger charge is 2.16. The summed E-state index contributed by atoms with van der Waals surface area (Å²) in [5.41, 5.74) is 1.98. The van der Waals surface area contributed by atoms with Crippen molar-refractivity contribution in [1.82, 2.24) is 19.6 Å². The molecule has 0 radical (unpaired) electrons. The van der Waals surface area contributed by atoms with Crippen LogP contribution >= 0.6 is 11.6 Å². The molecule has 28 heavy (non-hydrogen) atoms. The molecule has 0 aliphatic heterocycles. The molecule has 2 aromatic heterocycles. The SMILES string of the molecule is Cc1nn(CC(=O)Nc2ccc(Cl)cc2)c(=O)c2c1cnn2-c1ccccc1. The van der Waals surface area contributed by atoms with Gasteiger partial charge >= 0.3 is 0 Å². The van der Waals surface area contributed by atoms with Gasteiger partial charge in [-0.2, -0.15) is 10.2 Å². The molecule has 0 bridgehead atoms. The maximum absolute atomic E-state index is 13.0. The van der Waals surface area contributed by atoms with Crippen molar-refractivity contribution in [3.63, 3.8) is 0 Å². The number of carbonyl (C=O) groups excluding carboxylic acids is 1. The van der Waals surface area contributed by atoms with Gasteiger partial charge in [0.15, 0.2) is 0 Å². The van der Waals surface area contributed by atoms with Crippen LogP contribution in [0.15, 0.2) is 65.6 Å². The number of hydrogen-bond acceptors (Lipinski definition) is 4. The van der Waals surface area contributed by atoms with Crippen LogP contribution in [0.5, 0.6) is 0 Å². The average molecular weight is 394 g/mol. The minimum absolute atomic E-state index is 0.210. The Morgan fingerprint density at radius 2 is 1.82 bits per heavy atom. The van der Waals surface area contributed by atoms with Gasteiger partial charge in [-0.3, -0.25) is 9.59 Å². The molecular weight excluding hydrogens is 378 g/mol. The van der Waals surface area contributed by atoms with Crippen molar-refractivity contribution in [3.8, 4) is 5.69 Å². The van der Waals surface area contributed by atoms with Gasteiger partial charge in [0.2, 0.25) is 5.91 Å². The normalized spacial score (nSPS) is 10.9. The monoisotopic (exact) mass is 393 g/mol. The molecule has 0 spiro atoms. The lowest BCUT2D eigenvalue weighted by atomic mass is 10.2. The quantitative estimate of drug-likeness (QED) is 0.577. The number of hydrogen-bond donors (Lipinski definition) is 1. The molecule has 1 amide bonds. The minimum atomic E-state index is -0.381. The molecule has 0 saturated heterocycles. The van der Waals surface area contributed by atoms with Gasteiger partial charge in [-0.15, -0.1) is 0 Å². The van der Waals surface area contributed by atoms with Crippen LogP contribution in [0.2, 0.25) is 5.02 Å². The van der Waals surface area contributed by atoms with E-state index in [0.29, 0.717) is 27.3 Å². The number of amides is 1. The Balaban J connectivity index is 1.70. The highest BCUT2D eigenvalue weighted by Crippen LogP contribution is 2.17. The molecule has 0 aliphatic carbocycles. The Bertz CT molecular complexity index is 1210. The first kappa shape index (κ1) is 17.9. The van der Waals surface area contributed by atoms with Gasteiger partial charge in [-0.25, -0.2) is 9.36 Å². The number of benzene rings is 2. The Hall–Kier alpha value is -3.45. The largest absolute Gasteiger partial charge is 0.324 e. The van der Waals surface area contributed by atoms with E-state index in [4.69, 9.17) is 11.6 Å². The molecule has 0 saturated carbocycles. The summed E-state index contributed by atoms with van der Waals surface area (Å²) in [6.45, 7) is 1.57. The van der Waals surface area contributed by atoms with Crippen LogP contribution in [0.3, 0.4) is 0 Å². The number of nitrogens with zero attached hydrogens (tertiary/aromatic N) is 4. The van der Waals surface area contributed by atoms with E-state index in [1.54, 1.807) is 42.1 Å². The van der Waals surface area contributed by atoms with E-state index < -0.39 is 0 Å². The predicted molar refractivity (Wildman–Crippen MR) is 108 cm³/mol. The summed E-state index contributed by atoms with van der Waals surface area (Å²) >= 11 is 5.85. The minimum Gasteiger partial charge on any atom is -0.324 e. The van der Waals surface area contributed by atoms with Crippen molar-refractivity contribution in [1.29, 1.82) is 0 Å². The molecule has 4 rings (SSSR count). The number of halogens is 1. The molecule has 140 valence electrons. The standard InChI is InChI=1S/C20H16ClN5O2/c1-13-17-11-22-26(16-5-3-2-4-6-16)19(17)20(28)25(24-13)12-18(27)23-15-9-7-14(21)8-10-15/h2-11H,12H2,1H3,(H,23,27). The van der Waals surface area contributed by atoms with Gasteiger partial charge in [-0.05, 0) is 43.3 Å². The Morgan fingerprint density at radius 3 is 2.54 bits per heavy atom. The van der Waals surface area contributed by atoms with Crippen LogP contribution in [0.4, 0.5) is 5.69 Å². The van der Waals surface area contributed by atoms with Crippen molar-refractivity contribution < 1.29 is 4.79 Å². The van der Waals surface area contributed by atoms with Crippen molar-refractivity contribution >= 4 is 34.1 Å². The maximum atomic E-state index is 13.0. The zero-order valence-corrected chi connectivity index (χ0v) is 15.7. The lowest BCUT2D eigenvalue weighted by Gasteiger charge is -2.09. The van der Waals surface area contributed by atoms with Crippen LogP contribution < -0.4 is 10.9 Å². The molecule has 1 N–H and O–H groups in total. The zero-order valence-electron chi connectivity index (χ0n) is 15.0. The topological polar surface area (TPSA) is 81.8 Å². The van der Waals surface area contributed by atoms with Crippen molar-refractivity contribution in [2.75, 3.05) is 5.32 Å². The number of nitrogens with one attached hydrogen (secondary N) is 1. The number of para-hydroxylation sites is 1. The van der Waals surface area contributed by atoms with Crippen LogP contribution in [-0.2, 0) is 11.3 Å². The van der Waals surface area contributed by atoms with E-state index in [1.807, 2.05) is 30.3 Å². The number of anilines is 1. The first-order chi connectivity index (χ1) is 13.5. The first-order valence-electron chi connectivity index (χ1n) is 8.59. The van der Waals surface area contributed by atoms with E-state index in [-0.39, 0.29) is 18.0 Å². The number of carbonyl (C=O) groups is 1. The summed E-state index contributed by atoms with van der Waals surface area (Å²) in [6.07, 6.45) is 1.62. The van der Waals surface area contributed by atoms with Gasteiger partial charge in [-0.1, -0.05) is 29.8 Å². The molecule has 8 heteroatoms. The summed E-state index contributed by atoms with van der Waals surface area (Å²) in [4.78, 5) is 25.4. The summed E-state index contributed by atoms with van der Waals surface area (Å²) in [6, 6.07) is 16.1. The summed E-state index contributed by atoms with van der Waals surface area (Å²) in [5.74, 6) is -0.360. The van der Waals surface area contributed by atoms with E-state index in [1.165, 1.54) is 0 Å². The third kappa shape index (κ3) is 3.39. The number of fused-ring (bicyclic) bond motifs is 1. The highest BCUT2D eigenvalue weighted by molar-refractivity contribution is 6.30. The second-order valence-corrected chi connectivity index (χ2v) is 6.69. The van der Waals surface area contributed by atoms with Crippen molar-refractivity contribution in [3.05, 3.63) is 81.9 Å². The van der Waals surface area contributed by atoms with Gasteiger partial charge in [0.05, 0.1) is 17.6 Å². The van der Waals surface area contributed by atoms with Crippen LogP contribution in [0.1, 0.15) is 5.69 Å². The molecule has 2 aromatic carbocycles. The molecule has 0 aliphatic rings. The fourth-order valence-corrected chi connectivity index (χ4v) is 3.09. The Kier molecular flexibility index (Phi) is 4.67. The second-order valence-electron chi connectivity index (χ2n) is 6.26. The third-order valence-electron chi connectivity index (χ3n) is 4.29. The maximum Gasteiger partial charge on any atom is 0.293 e. The molecule has 7 nitrogen and oxygen atoms in total. The third-order valence-corrected chi connectivity index (χ3v) is 4.54. The Morgan fingerprint density at radius 1 is 1.11 bits per heavy atom. The lowest BCUT2D eigenvalue weighted by Crippen LogP contribution is -2.31. The van der Waals surface area contributed by atoms with E-state index in [9.17, 15) is 9.59 Å². The molecule has 0 atom stereocenters. The van der Waals surface area contributed by atoms with E-state index >= 15 is 0 Å². The second kappa shape index (κ2) is 7.28. The average Bonchev–Trinajstić information content (AvgIpc) is 3.14. The molecule has 4 aromatic rings. The summed E-state index contributed by atoms with van der Waals surface area (Å²) < 4.78 is 2.73. The molecule has 2 heterocycles. The number of aryl methyl sites for hydroxylation is 1. The fraction of sp³-hybridized carbons (Fsp3) is 0.100. The number of aromatic nitrogens is 4. The van der Waals surface area contributed by atoms with Crippen molar-refractivity contribution in [2.45, 2.75) is 13.5 Å². The molecule has 0 unspecified atom stereocenters. The van der Waals surface area contributed by atoms with Crippen LogP contribution in [0.25, 0.3) is 16.6 Å². The highest BCUT2D eigenvalue weighted by atomic mass is 35.5. The van der Waals surface area contributed by atoms with Crippen molar-refractivity contribution in [2.24, 2.45) is 0 Å². The van der Waals surface area contributed by atoms with E-state index in [2.05, 4.69) is 15.5 Å². The smallest absolute Gasteiger partial charge is 0.293 e. The van der Waals surface area contributed by atoms with Gasteiger partial charge in [0.1, 0.15) is 12.1 Å². The first-order valence-corrected chi connectivity index (χ1v) is 8.97. The summed E-state index contributed by atoms with van der Waals surface area (Å²) in [5, 5.41) is 12.6. The van der Waals surface area contributed by atoms with Crippen LogP contribution in [0, 0.1) is 6.92 Å². The molecule has 0 fully saturated rings.